The van der Waals surface area contributed by atoms with Gasteiger partial charge in [-0.2, -0.15) is 0 Å². The molecule has 0 aliphatic carbocycles. The molecule has 0 saturated heterocycles. The molecule has 0 aromatic heterocycles. The van der Waals surface area contributed by atoms with Crippen molar-refractivity contribution < 1.29 is 19.4 Å². The maximum Gasteiger partial charge on any atom is 0.336 e. The van der Waals surface area contributed by atoms with E-state index < -0.39 is 5.97 Å². The van der Waals surface area contributed by atoms with Gasteiger partial charge in [-0.05, 0) is 36.6 Å². The molecule has 2 aromatic rings. The van der Waals surface area contributed by atoms with Gasteiger partial charge in [0.15, 0.2) is 11.5 Å². The summed E-state index contributed by atoms with van der Waals surface area (Å²) in [4.78, 5) is 11.4. The lowest BCUT2D eigenvalue weighted by molar-refractivity contribution is 0.0695. The predicted molar refractivity (Wildman–Crippen MR) is 80.5 cm³/mol. The molecule has 4 nitrogen and oxygen atoms in total. The minimum Gasteiger partial charge on any atom is -0.493 e. The van der Waals surface area contributed by atoms with E-state index >= 15 is 0 Å². The van der Waals surface area contributed by atoms with Crippen LogP contribution in [0.25, 0.3) is 0 Å². The molecule has 21 heavy (non-hydrogen) atoms. The standard InChI is InChI=1S/C17H18O4/c1-11-4-6-12(7-5-11)8-13-9-15(20-2)16(21-3)10-14(13)17(18)19/h4-7,9-10H,8H2,1-3H3,(H,18,19). The first-order valence-corrected chi connectivity index (χ1v) is 6.59. The van der Waals surface area contributed by atoms with Gasteiger partial charge in [0, 0.05) is 0 Å². The maximum absolute atomic E-state index is 11.4. The van der Waals surface area contributed by atoms with E-state index in [1.54, 1.807) is 6.07 Å². The van der Waals surface area contributed by atoms with Crippen molar-refractivity contribution in [1.29, 1.82) is 0 Å². The molecule has 1 N–H and O–H groups in total. The highest BCUT2D eigenvalue weighted by Crippen LogP contribution is 2.31. The lowest BCUT2D eigenvalue weighted by Crippen LogP contribution is -2.05. The highest BCUT2D eigenvalue weighted by Gasteiger charge is 2.16. The normalized spacial score (nSPS) is 10.2. The number of aromatic carboxylic acids is 1. The molecule has 4 heteroatoms. The molecule has 110 valence electrons. The molecule has 0 aliphatic rings. The van der Waals surface area contributed by atoms with Crippen molar-refractivity contribution in [1.82, 2.24) is 0 Å². The zero-order valence-electron chi connectivity index (χ0n) is 12.3. The number of carbonyl (C=O) groups is 1. The predicted octanol–water partition coefficient (Wildman–Crippen LogP) is 3.30. The van der Waals surface area contributed by atoms with Crippen LogP contribution in [0.1, 0.15) is 27.0 Å². The van der Waals surface area contributed by atoms with Gasteiger partial charge < -0.3 is 14.6 Å². The second kappa shape index (κ2) is 6.31. The molecule has 0 atom stereocenters. The Morgan fingerprint density at radius 3 is 2.14 bits per heavy atom. The fraction of sp³-hybridized carbons (Fsp3) is 0.235. The largest absolute Gasteiger partial charge is 0.493 e. The minimum absolute atomic E-state index is 0.230. The summed E-state index contributed by atoms with van der Waals surface area (Å²) in [5, 5.41) is 9.37. The molecular formula is C17H18O4. The molecule has 0 spiro atoms. The highest BCUT2D eigenvalue weighted by atomic mass is 16.5. The Kier molecular flexibility index (Phi) is 4.48. The van der Waals surface area contributed by atoms with Crippen molar-refractivity contribution in [3.63, 3.8) is 0 Å². The van der Waals surface area contributed by atoms with E-state index in [1.807, 2.05) is 31.2 Å². The van der Waals surface area contributed by atoms with Crippen molar-refractivity contribution in [3.8, 4) is 11.5 Å². The highest BCUT2D eigenvalue weighted by molar-refractivity contribution is 5.90. The van der Waals surface area contributed by atoms with E-state index in [0.29, 0.717) is 23.5 Å². The summed E-state index contributed by atoms with van der Waals surface area (Å²) in [7, 11) is 3.02. The fourth-order valence-electron chi connectivity index (χ4n) is 2.19. The Bertz CT molecular complexity index is 645. The molecule has 0 bridgehead atoms. The number of benzene rings is 2. The molecule has 2 aromatic carbocycles. The zero-order valence-corrected chi connectivity index (χ0v) is 12.3. The van der Waals surface area contributed by atoms with Gasteiger partial charge in [0.2, 0.25) is 0 Å². The summed E-state index contributed by atoms with van der Waals surface area (Å²) in [5.41, 5.74) is 3.15. The van der Waals surface area contributed by atoms with Gasteiger partial charge in [-0.1, -0.05) is 29.8 Å². The topological polar surface area (TPSA) is 55.8 Å². The zero-order chi connectivity index (χ0) is 15.4. The lowest BCUT2D eigenvalue weighted by Gasteiger charge is -2.13. The van der Waals surface area contributed by atoms with Crippen LogP contribution >= 0.6 is 0 Å². The Morgan fingerprint density at radius 1 is 1.05 bits per heavy atom. The number of hydrogen-bond acceptors (Lipinski definition) is 3. The van der Waals surface area contributed by atoms with E-state index in [-0.39, 0.29) is 5.56 Å². The van der Waals surface area contributed by atoms with Gasteiger partial charge in [0.05, 0.1) is 19.8 Å². The van der Waals surface area contributed by atoms with Crippen LogP contribution in [0.2, 0.25) is 0 Å². The maximum atomic E-state index is 11.4. The second-order valence-corrected chi connectivity index (χ2v) is 4.83. The fourth-order valence-corrected chi connectivity index (χ4v) is 2.19. The molecule has 0 heterocycles. The first-order valence-electron chi connectivity index (χ1n) is 6.59. The monoisotopic (exact) mass is 286 g/mol. The molecule has 2 rings (SSSR count). The number of ether oxygens (including phenoxy) is 2. The number of hydrogen-bond donors (Lipinski definition) is 1. The van der Waals surface area contributed by atoms with Crippen LogP contribution in [0.15, 0.2) is 36.4 Å². The average molecular weight is 286 g/mol. The van der Waals surface area contributed by atoms with Crippen molar-refractivity contribution in [2.75, 3.05) is 14.2 Å². The Balaban J connectivity index is 2.45. The van der Waals surface area contributed by atoms with E-state index in [2.05, 4.69) is 0 Å². The van der Waals surface area contributed by atoms with Crippen molar-refractivity contribution in [2.24, 2.45) is 0 Å². The van der Waals surface area contributed by atoms with E-state index in [1.165, 1.54) is 25.8 Å². The summed E-state index contributed by atoms with van der Waals surface area (Å²) in [6, 6.07) is 11.2. The van der Waals surface area contributed by atoms with Gasteiger partial charge in [-0.25, -0.2) is 4.79 Å². The third-order valence-electron chi connectivity index (χ3n) is 3.35. The molecule has 0 saturated carbocycles. The van der Waals surface area contributed by atoms with Crippen LogP contribution in [-0.4, -0.2) is 25.3 Å². The third-order valence-corrected chi connectivity index (χ3v) is 3.35. The summed E-state index contributed by atoms with van der Waals surface area (Å²) in [6.07, 6.45) is 0.530. The van der Waals surface area contributed by atoms with Gasteiger partial charge in [-0.15, -0.1) is 0 Å². The van der Waals surface area contributed by atoms with Crippen molar-refractivity contribution >= 4 is 5.97 Å². The summed E-state index contributed by atoms with van der Waals surface area (Å²) < 4.78 is 10.4. The minimum atomic E-state index is -0.974. The number of carboxylic acid groups (broad SMARTS) is 1. The van der Waals surface area contributed by atoms with Crippen molar-refractivity contribution in [3.05, 3.63) is 58.7 Å². The van der Waals surface area contributed by atoms with Gasteiger partial charge in [0.1, 0.15) is 0 Å². The molecular weight excluding hydrogens is 268 g/mol. The van der Waals surface area contributed by atoms with Crippen LogP contribution < -0.4 is 9.47 Å². The van der Waals surface area contributed by atoms with Gasteiger partial charge >= 0.3 is 5.97 Å². The molecule has 0 amide bonds. The summed E-state index contributed by atoms with van der Waals surface area (Å²) in [5.74, 6) is -0.0229. The van der Waals surface area contributed by atoms with Crippen LogP contribution in [0.3, 0.4) is 0 Å². The number of methoxy groups -OCH3 is 2. The molecule has 0 aliphatic heterocycles. The lowest BCUT2D eigenvalue weighted by atomic mass is 9.98. The van der Waals surface area contributed by atoms with Crippen LogP contribution in [0.5, 0.6) is 11.5 Å². The third kappa shape index (κ3) is 3.34. The van der Waals surface area contributed by atoms with E-state index in [0.717, 1.165) is 5.56 Å². The summed E-state index contributed by atoms with van der Waals surface area (Å²) in [6.45, 7) is 2.02. The number of aryl methyl sites for hydroxylation is 1. The molecule has 0 radical (unpaired) electrons. The Morgan fingerprint density at radius 2 is 1.62 bits per heavy atom. The first kappa shape index (κ1) is 14.9. The van der Waals surface area contributed by atoms with Crippen LogP contribution in [0.4, 0.5) is 0 Å². The van der Waals surface area contributed by atoms with E-state index in [4.69, 9.17) is 9.47 Å². The Hall–Kier alpha value is -2.49. The van der Waals surface area contributed by atoms with E-state index in [9.17, 15) is 9.90 Å². The quantitative estimate of drug-likeness (QED) is 0.916. The Labute approximate surface area is 123 Å². The summed E-state index contributed by atoms with van der Waals surface area (Å²) >= 11 is 0. The average Bonchev–Trinajstić information content (AvgIpc) is 2.48. The first-order chi connectivity index (χ1) is 10.0. The SMILES string of the molecule is COc1cc(Cc2ccc(C)cc2)c(C(=O)O)cc1OC. The smallest absolute Gasteiger partial charge is 0.336 e. The molecule has 0 unspecified atom stereocenters. The number of rotatable bonds is 5. The van der Waals surface area contributed by atoms with Crippen molar-refractivity contribution in [2.45, 2.75) is 13.3 Å². The van der Waals surface area contributed by atoms with Gasteiger partial charge in [-0.3, -0.25) is 0 Å². The van der Waals surface area contributed by atoms with Crippen LogP contribution in [-0.2, 0) is 6.42 Å². The second-order valence-electron chi connectivity index (χ2n) is 4.83. The molecule has 0 fully saturated rings. The van der Waals surface area contributed by atoms with Gasteiger partial charge in [0.25, 0.3) is 0 Å². The number of carboxylic acids is 1. The van der Waals surface area contributed by atoms with Crippen LogP contribution in [0, 0.1) is 6.92 Å².